The average Bonchev–Trinajstić information content (AvgIpc) is 3.01. The molecule has 0 saturated heterocycles. The van der Waals surface area contributed by atoms with Crippen LogP contribution in [-0.4, -0.2) is 17.3 Å². The summed E-state index contributed by atoms with van der Waals surface area (Å²) in [6.07, 6.45) is 9.17. The zero-order chi connectivity index (χ0) is 13.9. The van der Waals surface area contributed by atoms with Crippen molar-refractivity contribution in [2.24, 2.45) is 23.7 Å². The predicted molar refractivity (Wildman–Crippen MR) is 83.2 cm³/mol. The van der Waals surface area contributed by atoms with Crippen molar-refractivity contribution in [2.75, 3.05) is 7.05 Å². The van der Waals surface area contributed by atoms with Crippen LogP contribution in [0.4, 0.5) is 0 Å². The van der Waals surface area contributed by atoms with Crippen LogP contribution in [0.3, 0.4) is 0 Å². The van der Waals surface area contributed by atoms with E-state index < -0.39 is 0 Å². The maximum absolute atomic E-state index is 2.49. The number of nitrogens with zero attached hydrogens (tertiary/aromatic N) is 1. The number of hydrogen-bond acceptors (Lipinski definition) is 0. The summed E-state index contributed by atoms with van der Waals surface area (Å²) >= 11 is 0. The Morgan fingerprint density at radius 1 is 1.10 bits per heavy atom. The Labute approximate surface area is 122 Å². The highest BCUT2D eigenvalue weighted by Gasteiger charge is 2.52. The van der Waals surface area contributed by atoms with E-state index in [0.717, 1.165) is 23.7 Å². The smallest absolute Gasteiger partial charge is 0.192 e. The van der Waals surface area contributed by atoms with Gasteiger partial charge in [0.2, 0.25) is 0 Å². The van der Waals surface area contributed by atoms with Gasteiger partial charge in [0.15, 0.2) is 11.9 Å². The molecule has 2 aliphatic carbocycles. The summed E-state index contributed by atoms with van der Waals surface area (Å²) in [6.45, 7) is 4.45. The van der Waals surface area contributed by atoms with E-state index in [4.69, 9.17) is 0 Å². The molecule has 2 bridgehead atoms. The topological polar surface area (TPSA) is 3.01 Å². The third-order valence-corrected chi connectivity index (χ3v) is 5.87. The second-order valence-corrected chi connectivity index (χ2v) is 7.09. The first-order valence-corrected chi connectivity index (χ1v) is 8.01. The maximum atomic E-state index is 2.49. The first-order chi connectivity index (χ1) is 9.65. The van der Waals surface area contributed by atoms with Crippen LogP contribution in [0.2, 0.25) is 0 Å². The molecule has 0 amide bonds. The molecular weight excluding hydrogens is 242 g/mol. The van der Waals surface area contributed by atoms with Gasteiger partial charge in [-0.2, -0.15) is 0 Å². The lowest BCUT2D eigenvalue weighted by Gasteiger charge is -2.30. The van der Waals surface area contributed by atoms with Crippen LogP contribution in [0.1, 0.15) is 36.0 Å². The third kappa shape index (κ3) is 1.65. The molecule has 104 valence electrons. The van der Waals surface area contributed by atoms with Crippen LogP contribution < -0.4 is 0 Å². The Bertz CT molecular complexity index is 623. The highest BCUT2D eigenvalue weighted by atomic mass is 15.0. The molecule has 1 aliphatic heterocycles. The second-order valence-electron chi connectivity index (χ2n) is 7.09. The van der Waals surface area contributed by atoms with Crippen molar-refractivity contribution in [1.29, 1.82) is 0 Å². The van der Waals surface area contributed by atoms with Crippen molar-refractivity contribution in [1.82, 2.24) is 0 Å². The molecular formula is C19H24N+. The molecule has 1 heterocycles. The molecule has 4 rings (SSSR count). The fourth-order valence-corrected chi connectivity index (χ4v) is 5.03. The fourth-order valence-electron chi connectivity index (χ4n) is 5.03. The lowest BCUT2D eigenvalue weighted by Crippen LogP contribution is -2.36. The van der Waals surface area contributed by atoms with Gasteiger partial charge in [-0.1, -0.05) is 17.7 Å². The quantitative estimate of drug-likeness (QED) is 0.678. The Morgan fingerprint density at radius 3 is 2.70 bits per heavy atom. The summed E-state index contributed by atoms with van der Waals surface area (Å²) in [4.78, 5) is 0. The zero-order valence-corrected chi connectivity index (χ0v) is 12.8. The number of rotatable bonds is 1. The van der Waals surface area contributed by atoms with E-state index in [-0.39, 0.29) is 0 Å². The van der Waals surface area contributed by atoms with Crippen molar-refractivity contribution >= 4 is 5.71 Å². The van der Waals surface area contributed by atoms with Crippen molar-refractivity contribution < 1.29 is 4.58 Å². The average molecular weight is 266 g/mol. The summed E-state index contributed by atoms with van der Waals surface area (Å²) < 4.78 is 2.39. The third-order valence-electron chi connectivity index (χ3n) is 5.87. The molecule has 1 nitrogen and oxygen atoms in total. The number of aryl methyl sites for hydroxylation is 2. The van der Waals surface area contributed by atoms with Crippen molar-refractivity contribution in [3.8, 4) is 0 Å². The molecule has 4 atom stereocenters. The minimum atomic E-state index is 0.769. The Morgan fingerprint density at radius 2 is 1.90 bits per heavy atom. The van der Waals surface area contributed by atoms with E-state index in [9.17, 15) is 0 Å². The lowest BCUT2D eigenvalue weighted by atomic mass is 9.73. The van der Waals surface area contributed by atoms with Crippen LogP contribution in [-0.2, 0) is 0 Å². The molecule has 0 N–H and O–H groups in total. The molecule has 1 aromatic carbocycles. The highest BCUT2D eigenvalue weighted by molar-refractivity contribution is 6.01. The summed E-state index contributed by atoms with van der Waals surface area (Å²) in [7, 11) is 2.23. The Hall–Kier alpha value is -1.37. The van der Waals surface area contributed by atoms with Gasteiger partial charge in [0, 0.05) is 5.56 Å². The first-order valence-electron chi connectivity index (χ1n) is 8.01. The zero-order valence-electron chi connectivity index (χ0n) is 12.8. The molecule has 4 unspecified atom stereocenters. The van der Waals surface area contributed by atoms with Gasteiger partial charge < -0.3 is 0 Å². The van der Waals surface area contributed by atoms with Gasteiger partial charge in [-0.3, -0.25) is 0 Å². The molecule has 3 aliphatic rings. The number of allylic oxidation sites excluding steroid dienone is 1. The minimum absolute atomic E-state index is 0.769. The summed E-state index contributed by atoms with van der Waals surface area (Å²) in [6, 6.07) is 6.94. The Balaban J connectivity index is 1.84. The van der Waals surface area contributed by atoms with Crippen molar-refractivity contribution in [2.45, 2.75) is 33.1 Å². The van der Waals surface area contributed by atoms with Crippen molar-refractivity contribution in [3.63, 3.8) is 0 Å². The number of benzene rings is 1. The largest absolute Gasteiger partial charge is 0.205 e. The van der Waals surface area contributed by atoms with E-state index in [1.165, 1.54) is 36.0 Å². The molecule has 2 fully saturated rings. The van der Waals surface area contributed by atoms with Crippen LogP contribution in [0.15, 0.2) is 30.5 Å². The van der Waals surface area contributed by atoms with Crippen LogP contribution in [0.5, 0.6) is 0 Å². The molecule has 2 saturated carbocycles. The van der Waals surface area contributed by atoms with Gasteiger partial charge >= 0.3 is 0 Å². The molecule has 0 radical (unpaired) electrons. The Kier molecular flexibility index (Phi) is 2.67. The van der Waals surface area contributed by atoms with Crippen LogP contribution in [0.25, 0.3) is 0 Å². The van der Waals surface area contributed by atoms with E-state index in [2.05, 4.69) is 55.9 Å². The number of hydrogen-bond donors (Lipinski definition) is 0. The van der Waals surface area contributed by atoms with E-state index in [1.54, 1.807) is 5.71 Å². The van der Waals surface area contributed by atoms with Gasteiger partial charge in [-0.25, -0.2) is 4.58 Å². The molecule has 20 heavy (non-hydrogen) atoms. The van der Waals surface area contributed by atoms with E-state index in [0.29, 0.717) is 0 Å². The standard InChI is InChI=1S/C19H24N/c1-12-4-7-16(13(2)10-12)19-18-15-6-5-14(11-15)17(18)8-9-20(19)3/h4,7-10,14-15,17-18H,5-6,11H2,1-3H3/q+1. The van der Waals surface area contributed by atoms with E-state index >= 15 is 0 Å². The van der Waals surface area contributed by atoms with Crippen LogP contribution in [0, 0.1) is 37.5 Å². The normalized spacial score (nSPS) is 34.8. The second kappa shape index (κ2) is 4.31. The van der Waals surface area contributed by atoms with E-state index in [1.807, 2.05) is 0 Å². The van der Waals surface area contributed by atoms with Crippen LogP contribution >= 0.6 is 0 Å². The van der Waals surface area contributed by atoms with Gasteiger partial charge in [-0.15, -0.1) is 0 Å². The van der Waals surface area contributed by atoms with Gasteiger partial charge in [0.25, 0.3) is 0 Å². The SMILES string of the molecule is Cc1ccc(C2=[N+](C)C=CC3C4CCC(C4)C23)c(C)c1. The van der Waals surface area contributed by atoms with Crippen molar-refractivity contribution in [3.05, 3.63) is 47.2 Å². The first kappa shape index (κ1) is 12.4. The maximum Gasteiger partial charge on any atom is 0.192 e. The monoisotopic (exact) mass is 266 g/mol. The molecule has 0 aromatic heterocycles. The predicted octanol–water partition coefficient (Wildman–Crippen LogP) is 3.92. The lowest BCUT2D eigenvalue weighted by molar-refractivity contribution is -0.428. The number of fused-ring (bicyclic) bond motifs is 5. The summed E-state index contributed by atoms with van der Waals surface area (Å²) in [5, 5.41) is 0. The molecule has 1 heteroatoms. The summed E-state index contributed by atoms with van der Waals surface area (Å²) in [5.74, 6) is 3.45. The molecule has 0 spiro atoms. The molecule has 1 aromatic rings. The van der Waals surface area contributed by atoms with Gasteiger partial charge in [0.1, 0.15) is 7.05 Å². The summed E-state index contributed by atoms with van der Waals surface area (Å²) in [5.41, 5.74) is 5.86. The fraction of sp³-hybridized carbons (Fsp3) is 0.526. The minimum Gasteiger partial charge on any atom is -0.205 e. The van der Waals surface area contributed by atoms with Gasteiger partial charge in [-0.05, 0) is 68.6 Å². The van der Waals surface area contributed by atoms with Gasteiger partial charge in [0.05, 0.1) is 5.92 Å². The highest BCUT2D eigenvalue weighted by Crippen LogP contribution is 2.54.